The highest BCUT2D eigenvalue weighted by Gasteiger charge is 2.17. The molecule has 0 saturated heterocycles. The van der Waals surface area contributed by atoms with Gasteiger partial charge in [0, 0.05) is 21.1 Å². The molecule has 0 aliphatic heterocycles. The zero-order valence-electron chi connectivity index (χ0n) is 19.3. The van der Waals surface area contributed by atoms with Crippen molar-refractivity contribution in [2.24, 2.45) is 0 Å². The first-order valence-corrected chi connectivity index (χ1v) is 11.7. The van der Waals surface area contributed by atoms with Crippen LogP contribution in [0.2, 0.25) is 0 Å². The molecule has 0 fully saturated rings. The van der Waals surface area contributed by atoms with Gasteiger partial charge in [-0.15, -0.1) is 0 Å². The lowest BCUT2D eigenvalue weighted by Crippen LogP contribution is -2.21. The third-order valence-electron chi connectivity index (χ3n) is 5.43. The minimum atomic E-state index is -0.576. The Morgan fingerprint density at radius 3 is 2.38 bits per heavy atom. The number of fused-ring (bicyclic) bond motifs is 1. The molecule has 1 heterocycles. The van der Waals surface area contributed by atoms with E-state index in [4.69, 9.17) is 9.72 Å². The molecule has 6 heteroatoms. The number of aromatic nitrogens is 1. The first kappa shape index (κ1) is 23.6. The predicted octanol–water partition coefficient (Wildman–Crippen LogP) is 6.76. The summed E-state index contributed by atoms with van der Waals surface area (Å²) in [5.74, 6) is -0.976. The van der Waals surface area contributed by atoms with E-state index in [2.05, 4.69) is 42.0 Å². The highest BCUT2D eigenvalue weighted by atomic mass is 79.9. The van der Waals surface area contributed by atoms with Crippen molar-refractivity contribution < 1.29 is 14.3 Å². The van der Waals surface area contributed by atoms with E-state index in [9.17, 15) is 9.59 Å². The van der Waals surface area contributed by atoms with Gasteiger partial charge in [0.05, 0.1) is 16.8 Å². The molecule has 34 heavy (non-hydrogen) atoms. The van der Waals surface area contributed by atoms with Gasteiger partial charge < -0.3 is 10.1 Å². The van der Waals surface area contributed by atoms with Gasteiger partial charge in [-0.05, 0) is 47.4 Å². The Bertz CT molecular complexity index is 1360. The van der Waals surface area contributed by atoms with Gasteiger partial charge in [-0.2, -0.15) is 0 Å². The molecule has 172 valence electrons. The molecule has 0 unspecified atom stereocenters. The van der Waals surface area contributed by atoms with E-state index in [0.29, 0.717) is 27.8 Å². The zero-order chi connectivity index (χ0) is 24.3. The number of pyridine rings is 1. The number of benzene rings is 3. The molecule has 0 saturated carbocycles. The second-order valence-electron chi connectivity index (χ2n) is 9.03. The van der Waals surface area contributed by atoms with Crippen LogP contribution in [0.25, 0.3) is 22.2 Å². The van der Waals surface area contributed by atoms with E-state index in [1.807, 2.05) is 72.8 Å². The minimum Gasteiger partial charge on any atom is -0.452 e. The Morgan fingerprint density at radius 1 is 0.941 bits per heavy atom. The molecule has 1 amide bonds. The monoisotopic (exact) mass is 516 g/mol. The molecule has 0 radical (unpaired) electrons. The number of ether oxygens (including phenoxy) is 1. The van der Waals surface area contributed by atoms with Gasteiger partial charge >= 0.3 is 5.97 Å². The lowest BCUT2D eigenvalue weighted by molar-refractivity contribution is -0.119. The third-order valence-corrected chi connectivity index (χ3v) is 5.92. The summed E-state index contributed by atoms with van der Waals surface area (Å²) in [5, 5.41) is 3.45. The maximum Gasteiger partial charge on any atom is 0.339 e. The smallest absolute Gasteiger partial charge is 0.339 e. The standard InChI is InChI=1S/C28H25BrN2O3/c1-28(2,3)19-11-13-21(14-12-19)30-26(32)17-34-27(33)23-16-25(18-7-6-8-20(29)15-18)31-24-10-5-4-9-22(23)24/h4-16H,17H2,1-3H3,(H,30,32). The highest BCUT2D eigenvalue weighted by Crippen LogP contribution is 2.27. The molecule has 4 rings (SSSR count). The second kappa shape index (κ2) is 9.77. The van der Waals surface area contributed by atoms with E-state index in [1.54, 1.807) is 6.07 Å². The van der Waals surface area contributed by atoms with Gasteiger partial charge in [-0.25, -0.2) is 9.78 Å². The van der Waals surface area contributed by atoms with Crippen LogP contribution in [0.4, 0.5) is 5.69 Å². The van der Waals surface area contributed by atoms with Crippen LogP contribution >= 0.6 is 15.9 Å². The fourth-order valence-electron chi connectivity index (χ4n) is 3.60. The van der Waals surface area contributed by atoms with Gasteiger partial charge in [0.1, 0.15) is 0 Å². The SMILES string of the molecule is CC(C)(C)c1ccc(NC(=O)COC(=O)c2cc(-c3cccc(Br)c3)nc3ccccc23)cc1. The summed E-state index contributed by atoms with van der Waals surface area (Å²) in [5.41, 5.74) is 4.40. The normalized spacial score (nSPS) is 11.3. The molecule has 1 aromatic heterocycles. The molecular formula is C28H25BrN2O3. The molecule has 0 aliphatic rings. The van der Waals surface area contributed by atoms with Crippen LogP contribution in [0.3, 0.4) is 0 Å². The minimum absolute atomic E-state index is 0.0278. The van der Waals surface area contributed by atoms with Crippen molar-refractivity contribution in [3.8, 4) is 11.3 Å². The molecule has 0 atom stereocenters. The van der Waals surface area contributed by atoms with Gasteiger partial charge in [0.2, 0.25) is 0 Å². The summed E-state index contributed by atoms with van der Waals surface area (Å²) in [6.07, 6.45) is 0. The topological polar surface area (TPSA) is 68.3 Å². The van der Waals surface area contributed by atoms with Crippen LogP contribution < -0.4 is 5.32 Å². The number of rotatable bonds is 5. The van der Waals surface area contributed by atoms with Crippen molar-refractivity contribution in [1.82, 2.24) is 4.98 Å². The van der Waals surface area contributed by atoms with E-state index in [0.717, 1.165) is 10.0 Å². The Balaban J connectivity index is 1.51. The number of hydrogen-bond acceptors (Lipinski definition) is 4. The average molecular weight is 517 g/mol. The molecule has 0 bridgehead atoms. The lowest BCUT2D eigenvalue weighted by Gasteiger charge is -2.19. The fourth-order valence-corrected chi connectivity index (χ4v) is 4.00. The largest absolute Gasteiger partial charge is 0.452 e. The number of nitrogens with one attached hydrogen (secondary N) is 1. The van der Waals surface area contributed by atoms with Crippen LogP contribution in [0.5, 0.6) is 0 Å². The predicted molar refractivity (Wildman–Crippen MR) is 139 cm³/mol. The van der Waals surface area contributed by atoms with E-state index >= 15 is 0 Å². The van der Waals surface area contributed by atoms with Crippen LogP contribution in [-0.4, -0.2) is 23.5 Å². The van der Waals surface area contributed by atoms with Crippen LogP contribution in [0.1, 0.15) is 36.7 Å². The molecular weight excluding hydrogens is 492 g/mol. The average Bonchev–Trinajstić information content (AvgIpc) is 2.81. The maximum atomic E-state index is 13.0. The summed E-state index contributed by atoms with van der Waals surface area (Å²) in [6.45, 7) is 6.00. The van der Waals surface area contributed by atoms with Crippen molar-refractivity contribution in [2.75, 3.05) is 11.9 Å². The molecule has 0 aliphatic carbocycles. The van der Waals surface area contributed by atoms with Crippen molar-refractivity contribution in [2.45, 2.75) is 26.2 Å². The first-order chi connectivity index (χ1) is 16.2. The number of hydrogen-bond donors (Lipinski definition) is 1. The maximum absolute atomic E-state index is 13.0. The quantitative estimate of drug-likeness (QED) is 0.297. The number of esters is 1. The summed E-state index contributed by atoms with van der Waals surface area (Å²) >= 11 is 3.47. The van der Waals surface area contributed by atoms with Crippen LogP contribution in [-0.2, 0) is 14.9 Å². The van der Waals surface area contributed by atoms with E-state index in [-0.39, 0.29) is 12.0 Å². The number of carbonyl (C=O) groups is 2. The van der Waals surface area contributed by atoms with E-state index in [1.165, 1.54) is 5.56 Å². The fraction of sp³-hybridized carbons (Fsp3) is 0.179. The van der Waals surface area contributed by atoms with E-state index < -0.39 is 11.9 Å². The summed E-state index contributed by atoms with van der Waals surface area (Å²) in [4.78, 5) is 30.1. The molecule has 5 nitrogen and oxygen atoms in total. The number of amides is 1. The van der Waals surface area contributed by atoms with Gasteiger partial charge in [0.25, 0.3) is 5.91 Å². The van der Waals surface area contributed by atoms with Crippen LogP contribution in [0, 0.1) is 0 Å². The van der Waals surface area contributed by atoms with Gasteiger partial charge in [-0.3, -0.25) is 4.79 Å². The molecule has 4 aromatic rings. The van der Waals surface area contributed by atoms with Gasteiger partial charge in [-0.1, -0.05) is 79.2 Å². The Labute approximate surface area is 207 Å². The molecule has 1 N–H and O–H groups in total. The van der Waals surface area contributed by atoms with Gasteiger partial charge in [0.15, 0.2) is 6.61 Å². The Kier molecular flexibility index (Phi) is 6.80. The van der Waals surface area contributed by atoms with Crippen LogP contribution in [0.15, 0.2) is 83.3 Å². The molecule has 0 spiro atoms. The lowest BCUT2D eigenvalue weighted by atomic mass is 9.87. The Hall–Kier alpha value is -3.51. The Morgan fingerprint density at radius 2 is 1.68 bits per heavy atom. The van der Waals surface area contributed by atoms with Crippen molar-refractivity contribution in [3.05, 3.63) is 94.5 Å². The number of carbonyl (C=O) groups excluding carboxylic acids is 2. The van der Waals surface area contributed by atoms with Crippen molar-refractivity contribution in [3.63, 3.8) is 0 Å². The number of halogens is 1. The second-order valence-corrected chi connectivity index (χ2v) is 9.95. The number of para-hydroxylation sites is 1. The molecule has 3 aromatic carbocycles. The summed E-state index contributed by atoms with van der Waals surface area (Å²) in [7, 11) is 0. The number of nitrogens with zero attached hydrogens (tertiary/aromatic N) is 1. The zero-order valence-corrected chi connectivity index (χ0v) is 20.8. The highest BCUT2D eigenvalue weighted by molar-refractivity contribution is 9.10. The first-order valence-electron chi connectivity index (χ1n) is 10.9. The van der Waals surface area contributed by atoms with Crippen molar-refractivity contribution >= 4 is 44.4 Å². The summed E-state index contributed by atoms with van der Waals surface area (Å²) < 4.78 is 6.29. The van der Waals surface area contributed by atoms with Crippen molar-refractivity contribution in [1.29, 1.82) is 0 Å². The third kappa shape index (κ3) is 5.51. The summed E-state index contributed by atoms with van der Waals surface area (Å²) in [6, 6.07) is 24.4. The number of anilines is 1.